The number of rotatable bonds is 2. The molecule has 1 aliphatic carbocycles. The van der Waals surface area contributed by atoms with E-state index in [0.29, 0.717) is 6.04 Å². The van der Waals surface area contributed by atoms with Crippen molar-refractivity contribution >= 4 is 23.3 Å². The Morgan fingerprint density at radius 3 is 2.85 bits per heavy atom. The van der Waals surface area contributed by atoms with Crippen molar-refractivity contribution in [1.29, 1.82) is 0 Å². The van der Waals surface area contributed by atoms with E-state index in [2.05, 4.69) is 32.7 Å². The van der Waals surface area contributed by atoms with Crippen molar-refractivity contribution in [3.8, 4) is 5.69 Å². The van der Waals surface area contributed by atoms with Crippen LogP contribution in [0.4, 0.5) is 0 Å². The summed E-state index contributed by atoms with van der Waals surface area (Å²) in [7, 11) is 0. The van der Waals surface area contributed by atoms with Gasteiger partial charge in [-0.05, 0) is 43.3 Å². The first-order valence-electron chi connectivity index (χ1n) is 7.05. The number of fused-ring (bicyclic) bond motifs is 1. The number of imidazole rings is 2. The Kier molecular flexibility index (Phi) is 2.73. The van der Waals surface area contributed by atoms with Crippen LogP contribution in [0.1, 0.15) is 31.7 Å². The van der Waals surface area contributed by atoms with Gasteiger partial charge in [-0.3, -0.25) is 0 Å². The molecule has 2 heterocycles. The third-order valence-corrected chi connectivity index (χ3v) is 4.49. The van der Waals surface area contributed by atoms with Gasteiger partial charge in [-0.2, -0.15) is 0 Å². The Hall–Kier alpha value is -1.88. The van der Waals surface area contributed by atoms with Crippen molar-refractivity contribution in [2.75, 3.05) is 0 Å². The molecule has 2 aromatic heterocycles. The zero-order valence-corrected chi connectivity index (χ0v) is 11.9. The summed E-state index contributed by atoms with van der Waals surface area (Å²) in [6, 6.07) is 6.94. The standard InChI is InChI=1S/C15H16N4S/c20-15-17-13-6-5-12(18-8-7-16-10-18)9-14(13)19(15)11-3-1-2-4-11/h5-11H,1-4H2,(H,17,20). The van der Waals surface area contributed by atoms with Crippen LogP contribution in [0.5, 0.6) is 0 Å². The maximum absolute atomic E-state index is 5.52. The van der Waals surface area contributed by atoms with E-state index in [9.17, 15) is 0 Å². The van der Waals surface area contributed by atoms with E-state index >= 15 is 0 Å². The van der Waals surface area contributed by atoms with E-state index in [1.165, 1.54) is 31.2 Å². The molecule has 0 radical (unpaired) electrons. The summed E-state index contributed by atoms with van der Waals surface area (Å²) in [6.45, 7) is 0. The second kappa shape index (κ2) is 4.59. The van der Waals surface area contributed by atoms with Gasteiger partial charge in [-0.1, -0.05) is 12.8 Å². The normalized spacial score (nSPS) is 16.2. The van der Waals surface area contributed by atoms with Gasteiger partial charge in [0.15, 0.2) is 4.77 Å². The topological polar surface area (TPSA) is 38.5 Å². The van der Waals surface area contributed by atoms with Gasteiger partial charge in [0.25, 0.3) is 0 Å². The van der Waals surface area contributed by atoms with Crippen molar-refractivity contribution < 1.29 is 0 Å². The summed E-state index contributed by atoms with van der Waals surface area (Å²) in [5.41, 5.74) is 3.44. The number of aromatic nitrogens is 4. The highest BCUT2D eigenvalue weighted by Gasteiger charge is 2.20. The zero-order chi connectivity index (χ0) is 13.5. The van der Waals surface area contributed by atoms with Crippen LogP contribution in [0.25, 0.3) is 16.7 Å². The minimum Gasteiger partial charge on any atom is -0.331 e. The number of nitrogens with one attached hydrogen (secondary N) is 1. The van der Waals surface area contributed by atoms with E-state index in [4.69, 9.17) is 12.2 Å². The average Bonchev–Trinajstić information content (AvgIpc) is 3.17. The number of hydrogen-bond donors (Lipinski definition) is 1. The molecule has 1 N–H and O–H groups in total. The molecule has 1 saturated carbocycles. The number of hydrogen-bond acceptors (Lipinski definition) is 2. The van der Waals surface area contributed by atoms with E-state index < -0.39 is 0 Å². The minimum atomic E-state index is 0.550. The van der Waals surface area contributed by atoms with Crippen LogP contribution in [0, 0.1) is 4.77 Å². The van der Waals surface area contributed by atoms with Crippen LogP contribution >= 0.6 is 12.2 Å². The SMILES string of the molecule is S=c1[nH]c2ccc(-n3ccnc3)cc2n1C1CCCC1. The molecule has 0 amide bonds. The Bertz CT molecular complexity index is 791. The molecule has 0 atom stereocenters. The van der Waals surface area contributed by atoms with Crippen molar-refractivity contribution in [1.82, 2.24) is 19.1 Å². The lowest BCUT2D eigenvalue weighted by atomic mass is 10.2. The molecule has 1 aliphatic rings. The van der Waals surface area contributed by atoms with Crippen molar-refractivity contribution in [2.45, 2.75) is 31.7 Å². The van der Waals surface area contributed by atoms with Crippen molar-refractivity contribution in [3.05, 3.63) is 41.7 Å². The summed E-state index contributed by atoms with van der Waals surface area (Å²) in [5.74, 6) is 0. The van der Waals surface area contributed by atoms with Crippen LogP contribution < -0.4 is 0 Å². The quantitative estimate of drug-likeness (QED) is 0.722. The van der Waals surface area contributed by atoms with Gasteiger partial charge < -0.3 is 14.1 Å². The van der Waals surface area contributed by atoms with Crippen molar-refractivity contribution in [2.24, 2.45) is 0 Å². The highest BCUT2D eigenvalue weighted by molar-refractivity contribution is 7.71. The summed E-state index contributed by atoms with van der Waals surface area (Å²) in [5, 5.41) is 0. The summed E-state index contributed by atoms with van der Waals surface area (Å²) < 4.78 is 5.17. The molecule has 5 heteroatoms. The number of nitrogens with zero attached hydrogens (tertiary/aromatic N) is 3. The molecular weight excluding hydrogens is 268 g/mol. The molecule has 0 aliphatic heterocycles. The Morgan fingerprint density at radius 1 is 1.25 bits per heavy atom. The fourth-order valence-corrected chi connectivity index (χ4v) is 3.56. The first kappa shape index (κ1) is 11.9. The molecule has 3 aromatic rings. The fourth-order valence-electron chi connectivity index (χ4n) is 3.21. The summed E-state index contributed by atoms with van der Waals surface area (Å²) in [6.07, 6.45) is 10.7. The molecule has 1 fully saturated rings. The zero-order valence-electron chi connectivity index (χ0n) is 11.1. The second-order valence-corrected chi connectivity index (χ2v) is 5.80. The van der Waals surface area contributed by atoms with Crippen LogP contribution in [0.15, 0.2) is 36.9 Å². The van der Waals surface area contributed by atoms with Gasteiger partial charge >= 0.3 is 0 Å². The molecule has 1 aromatic carbocycles. The van der Waals surface area contributed by atoms with Gasteiger partial charge in [0.2, 0.25) is 0 Å². The number of H-pyrrole nitrogens is 1. The smallest absolute Gasteiger partial charge is 0.178 e. The molecule has 20 heavy (non-hydrogen) atoms. The maximum Gasteiger partial charge on any atom is 0.178 e. The lowest BCUT2D eigenvalue weighted by Gasteiger charge is -2.13. The third kappa shape index (κ3) is 1.81. The summed E-state index contributed by atoms with van der Waals surface area (Å²) >= 11 is 5.52. The number of aromatic amines is 1. The van der Waals surface area contributed by atoms with Gasteiger partial charge in [0.05, 0.1) is 17.4 Å². The van der Waals surface area contributed by atoms with E-state index in [1.54, 1.807) is 6.20 Å². The average molecular weight is 284 g/mol. The highest BCUT2D eigenvalue weighted by atomic mass is 32.1. The molecule has 0 unspecified atom stereocenters. The maximum atomic E-state index is 5.52. The monoisotopic (exact) mass is 284 g/mol. The molecule has 0 saturated heterocycles. The largest absolute Gasteiger partial charge is 0.331 e. The van der Waals surface area contributed by atoms with Gasteiger partial charge in [0, 0.05) is 24.1 Å². The van der Waals surface area contributed by atoms with Crippen LogP contribution in [-0.4, -0.2) is 19.1 Å². The first-order valence-corrected chi connectivity index (χ1v) is 7.46. The molecular formula is C15H16N4S. The lowest BCUT2D eigenvalue weighted by Crippen LogP contribution is -2.04. The van der Waals surface area contributed by atoms with Crippen LogP contribution in [0.3, 0.4) is 0 Å². The lowest BCUT2D eigenvalue weighted by molar-refractivity contribution is 0.526. The Morgan fingerprint density at radius 2 is 2.10 bits per heavy atom. The van der Waals surface area contributed by atoms with Gasteiger partial charge in [-0.15, -0.1) is 0 Å². The third-order valence-electron chi connectivity index (χ3n) is 4.19. The summed E-state index contributed by atoms with van der Waals surface area (Å²) in [4.78, 5) is 7.44. The Balaban J connectivity index is 1.92. The molecule has 4 nitrogen and oxygen atoms in total. The van der Waals surface area contributed by atoms with E-state index in [0.717, 1.165) is 16.0 Å². The Labute approximate surface area is 122 Å². The minimum absolute atomic E-state index is 0.550. The predicted molar refractivity (Wildman–Crippen MR) is 81.7 cm³/mol. The van der Waals surface area contributed by atoms with Crippen LogP contribution in [-0.2, 0) is 0 Å². The first-order chi connectivity index (χ1) is 9.83. The molecule has 4 rings (SSSR count). The van der Waals surface area contributed by atoms with Gasteiger partial charge in [0.1, 0.15) is 0 Å². The molecule has 0 spiro atoms. The second-order valence-electron chi connectivity index (χ2n) is 5.41. The highest BCUT2D eigenvalue weighted by Crippen LogP contribution is 2.33. The number of benzene rings is 1. The molecule has 0 bridgehead atoms. The van der Waals surface area contributed by atoms with Gasteiger partial charge in [-0.25, -0.2) is 4.98 Å². The van der Waals surface area contributed by atoms with Crippen LogP contribution in [0.2, 0.25) is 0 Å². The molecule has 102 valence electrons. The predicted octanol–water partition coefficient (Wildman–Crippen LogP) is 4.00. The van der Waals surface area contributed by atoms with E-state index in [-0.39, 0.29) is 0 Å². The van der Waals surface area contributed by atoms with E-state index in [1.807, 2.05) is 17.1 Å². The van der Waals surface area contributed by atoms with Crippen molar-refractivity contribution in [3.63, 3.8) is 0 Å². The fraction of sp³-hybridized carbons (Fsp3) is 0.333.